The fourth-order valence-electron chi connectivity index (χ4n) is 5.49. The molecule has 0 aromatic rings. The van der Waals surface area contributed by atoms with E-state index in [0.29, 0.717) is 23.5 Å². The van der Waals surface area contributed by atoms with Crippen LogP contribution < -0.4 is 0 Å². The predicted molar refractivity (Wildman–Crippen MR) is 92.5 cm³/mol. The summed E-state index contributed by atoms with van der Waals surface area (Å²) in [4.78, 5) is 23.1. The summed E-state index contributed by atoms with van der Waals surface area (Å²) in [5.74, 6) is -0.523. The normalized spacial score (nSPS) is 40.8. The first-order chi connectivity index (χ1) is 11.7. The van der Waals surface area contributed by atoms with Crippen LogP contribution in [0.5, 0.6) is 0 Å². The summed E-state index contributed by atoms with van der Waals surface area (Å²) in [6, 6.07) is 0. The Hall–Kier alpha value is -1.62. The Balaban J connectivity index is 1.86. The van der Waals surface area contributed by atoms with Crippen molar-refractivity contribution in [3.05, 3.63) is 23.3 Å². The molecule has 1 heterocycles. The number of carbonyl (C=O) groups is 2. The summed E-state index contributed by atoms with van der Waals surface area (Å²) in [6.07, 6.45) is 7.29. The smallest absolute Gasteiger partial charge is 0.333 e. The number of aliphatic hydroxyl groups is 1. The molecule has 0 radical (unpaired) electrons. The summed E-state index contributed by atoms with van der Waals surface area (Å²) in [7, 11) is 0. The van der Waals surface area contributed by atoms with Crippen LogP contribution in [-0.4, -0.2) is 28.4 Å². The van der Waals surface area contributed by atoms with E-state index in [1.165, 1.54) is 6.08 Å². The third kappa shape index (κ3) is 2.92. The van der Waals surface area contributed by atoms with Crippen LogP contribution in [0.1, 0.15) is 59.3 Å². The maximum Gasteiger partial charge on any atom is 0.333 e. The minimum absolute atomic E-state index is 0.0336. The zero-order valence-corrected chi connectivity index (χ0v) is 15.2. The molecule has 0 amide bonds. The molecule has 1 saturated carbocycles. The van der Waals surface area contributed by atoms with Gasteiger partial charge in [-0.05, 0) is 55.8 Å². The molecule has 5 unspecified atom stereocenters. The second-order valence-corrected chi connectivity index (χ2v) is 8.42. The lowest BCUT2D eigenvalue weighted by Crippen LogP contribution is -2.51. The number of carbonyl (C=O) groups excluding carboxylic acids is 1. The molecule has 0 spiro atoms. The zero-order valence-electron chi connectivity index (χ0n) is 15.2. The Kier molecular flexibility index (Phi) is 4.56. The van der Waals surface area contributed by atoms with Crippen LogP contribution in [0.2, 0.25) is 0 Å². The SMILES string of the molecule is CC1CCC2(C)C(C(=O)O)=CCCC2C1(C)CCC1=CC(=O)OC1O. The number of aliphatic hydroxyl groups excluding tert-OH is 1. The molecule has 0 bridgehead atoms. The van der Waals surface area contributed by atoms with E-state index in [4.69, 9.17) is 4.74 Å². The van der Waals surface area contributed by atoms with E-state index in [0.717, 1.165) is 32.1 Å². The average molecular weight is 348 g/mol. The van der Waals surface area contributed by atoms with Gasteiger partial charge in [0.25, 0.3) is 0 Å². The van der Waals surface area contributed by atoms with Gasteiger partial charge in [-0.2, -0.15) is 0 Å². The van der Waals surface area contributed by atoms with Crippen molar-refractivity contribution in [2.75, 3.05) is 0 Å². The Labute approximate surface area is 148 Å². The van der Waals surface area contributed by atoms with Crippen molar-refractivity contribution in [2.45, 2.75) is 65.6 Å². The lowest BCUT2D eigenvalue weighted by atomic mass is 9.46. The molecule has 2 N–H and O–H groups in total. The third-order valence-electron chi connectivity index (χ3n) is 7.24. The highest BCUT2D eigenvalue weighted by atomic mass is 16.6. The monoisotopic (exact) mass is 348 g/mol. The molecular formula is C20H28O5. The number of aliphatic carboxylic acids is 1. The molecule has 5 atom stereocenters. The third-order valence-corrected chi connectivity index (χ3v) is 7.24. The molecule has 2 aliphatic carbocycles. The van der Waals surface area contributed by atoms with Gasteiger partial charge in [-0.15, -0.1) is 0 Å². The van der Waals surface area contributed by atoms with E-state index in [1.807, 2.05) is 6.08 Å². The number of rotatable bonds is 4. The molecule has 1 fully saturated rings. The van der Waals surface area contributed by atoms with Crippen molar-refractivity contribution in [3.8, 4) is 0 Å². The van der Waals surface area contributed by atoms with Crippen molar-refractivity contribution < 1.29 is 24.5 Å². The van der Waals surface area contributed by atoms with Crippen LogP contribution in [-0.2, 0) is 14.3 Å². The van der Waals surface area contributed by atoms with Crippen molar-refractivity contribution in [3.63, 3.8) is 0 Å². The topological polar surface area (TPSA) is 83.8 Å². The van der Waals surface area contributed by atoms with Crippen LogP contribution in [0.4, 0.5) is 0 Å². The highest BCUT2D eigenvalue weighted by Gasteiger charge is 2.55. The van der Waals surface area contributed by atoms with E-state index >= 15 is 0 Å². The van der Waals surface area contributed by atoms with E-state index < -0.39 is 18.2 Å². The van der Waals surface area contributed by atoms with Gasteiger partial charge in [0.05, 0.1) is 0 Å². The average Bonchev–Trinajstić information content (AvgIpc) is 2.87. The lowest BCUT2D eigenvalue weighted by Gasteiger charge is -2.57. The van der Waals surface area contributed by atoms with Crippen molar-refractivity contribution in [1.82, 2.24) is 0 Å². The first-order valence-electron chi connectivity index (χ1n) is 9.21. The Morgan fingerprint density at radius 2 is 2.08 bits per heavy atom. The molecule has 1 aliphatic heterocycles. The van der Waals surface area contributed by atoms with E-state index in [9.17, 15) is 19.8 Å². The fraction of sp³-hybridized carbons (Fsp3) is 0.700. The van der Waals surface area contributed by atoms with Crippen LogP contribution in [0, 0.1) is 22.7 Å². The molecule has 138 valence electrons. The summed E-state index contributed by atoms with van der Waals surface area (Å²) >= 11 is 0. The van der Waals surface area contributed by atoms with E-state index in [-0.39, 0.29) is 16.7 Å². The summed E-state index contributed by atoms with van der Waals surface area (Å²) in [5, 5.41) is 19.5. The van der Waals surface area contributed by atoms with Crippen molar-refractivity contribution in [1.29, 1.82) is 0 Å². The number of allylic oxidation sites excluding steroid dienone is 1. The minimum atomic E-state index is -1.12. The highest BCUT2D eigenvalue weighted by molar-refractivity contribution is 5.88. The van der Waals surface area contributed by atoms with Gasteiger partial charge in [0.2, 0.25) is 6.29 Å². The van der Waals surface area contributed by atoms with Gasteiger partial charge in [0.1, 0.15) is 0 Å². The number of esters is 1. The molecule has 5 heteroatoms. The molecular weight excluding hydrogens is 320 g/mol. The molecule has 0 saturated heterocycles. The number of carboxylic acid groups (broad SMARTS) is 1. The van der Waals surface area contributed by atoms with E-state index in [2.05, 4.69) is 20.8 Å². The Bertz CT molecular complexity index is 648. The van der Waals surface area contributed by atoms with Crippen LogP contribution in [0.3, 0.4) is 0 Å². The van der Waals surface area contributed by atoms with Gasteiger partial charge >= 0.3 is 11.9 Å². The minimum Gasteiger partial charge on any atom is -0.478 e. The molecule has 5 nitrogen and oxygen atoms in total. The van der Waals surface area contributed by atoms with Crippen molar-refractivity contribution >= 4 is 11.9 Å². The predicted octanol–water partition coefficient (Wildman–Crippen LogP) is 3.43. The summed E-state index contributed by atoms with van der Waals surface area (Å²) in [5.41, 5.74) is 0.866. The molecule has 3 rings (SSSR count). The van der Waals surface area contributed by atoms with Gasteiger partial charge in [0.15, 0.2) is 0 Å². The zero-order chi connectivity index (χ0) is 18.4. The first-order valence-corrected chi connectivity index (χ1v) is 9.21. The van der Waals surface area contributed by atoms with Crippen LogP contribution in [0.15, 0.2) is 23.3 Å². The van der Waals surface area contributed by atoms with Gasteiger partial charge in [-0.3, -0.25) is 0 Å². The maximum absolute atomic E-state index is 11.8. The number of ether oxygens (including phenoxy) is 1. The quantitative estimate of drug-likeness (QED) is 0.761. The second-order valence-electron chi connectivity index (χ2n) is 8.42. The first kappa shape index (κ1) is 18.2. The van der Waals surface area contributed by atoms with Gasteiger partial charge < -0.3 is 14.9 Å². The van der Waals surface area contributed by atoms with Crippen LogP contribution >= 0.6 is 0 Å². The number of carboxylic acids is 1. The maximum atomic E-state index is 11.8. The standard InChI is InChI=1S/C20H28O5/c1-12-7-9-20(3)14(17(22)23)5-4-6-15(20)19(12,2)10-8-13-11-16(21)25-18(13)24/h5,11-12,15,18,24H,4,6-10H2,1-3H3,(H,22,23). The number of cyclic esters (lactones) is 1. The van der Waals surface area contributed by atoms with Gasteiger partial charge in [0, 0.05) is 22.6 Å². The Morgan fingerprint density at radius 1 is 1.36 bits per heavy atom. The van der Waals surface area contributed by atoms with Crippen molar-refractivity contribution in [2.24, 2.45) is 22.7 Å². The fourth-order valence-corrected chi connectivity index (χ4v) is 5.49. The second kappa shape index (κ2) is 6.27. The molecule has 25 heavy (non-hydrogen) atoms. The van der Waals surface area contributed by atoms with E-state index in [1.54, 1.807) is 0 Å². The molecule has 3 aliphatic rings. The lowest BCUT2D eigenvalue weighted by molar-refractivity contribution is -0.151. The van der Waals surface area contributed by atoms with Gasteiger partial charge in [-0.25, -0.2) is 9.59 Å². The highest BCUT2D eigenvalue weighted by Crippen LogP contribution is 2.62. The summed E-state index contributed by atoms with van der Waals surface area (Å²) in [6.45, 7) is 6.62. The number of fused-ring (bicyclic) bond motifs is 1. The van der Waals surface area contributed by atoms with Crippen LogP contribution in [0.25, 0.3) is 0 Å². The Morgan fingerprint density at radius 3 is 2.68 bits per heavy atom. The largest absolute Gasteiger partial charge is 0.478 e. The number of hydrogen-bond donors (Lipinski definition) is 2. The molecule has 0 aromatic heterocycles. The molecule has 0 aromatic carbocycles. The number of hydrogen-bond acceptors (Lipinski definition) is 4. The summed E-state index contributed by atoms with van der Waals surface area (Å²) < 4.78 is 4.79. The van der Waals surface area contributed by atoms with Gasteiger partial charge in [-0.1, -0.05) is 26.8 Å².